The van der Waals surface area contributed by atoms with Crippen molar-refractivity contribution >= 4 is 32.8 Å². The highest BCUT2D eigenvalue weighted by Crippen LogP contribution is 2.23. The van der Waals surface area contributed by atoms with Crippen LogP contribution < -0.4 is 9.46 Å². The topological polar surface area (TPSA) is 108 Å². The van der Waals surface area contributed by atoms with Gasteiger partial charge in [0.05, 0.1) is 18.1 Å². The highest BCUT2D eigenvalue weighted by atomic mass is 32.2. The number of sulfonamides is 1. The van der Waals surface area contributed by atoms with Crippen LogP contribution in [0.1, 0.15) is 10.4 Å². The lowest BCUT2D eigenvalue weighted by molar-refractivity contribution is 0.0600. The summed E-state index contributed by atoms with van der Waals surface area (Å²) in [7, 11) is -2.59. The molecule has 0 aliphatic carbocycles. The molecule has 3 aromatic rings. The number of nitrogens with zero attached hydrogens (tertiary/aromatic N) is 1. The molecule has 0 saturated heterocycles. The third-order valence-corrected chi connectivity index (χ3v) is 4.20. The van der Waals surface area contributed by atoms with Crippen LogP contribution in [0.15, 0.2) is 53.1 Å². The van der Waals surface area contributed by atoms with E-state index in [1.165, 1.54) is 25.3 Å². The summed E-state index contributed by atoms with van der Waals surface area (Å²) < 4.78 is 41.6. The molecule has 3 rings (SSSR count). The Labute approximate surface area is 143 Å². The fraction of sp³-hybridized carbons (Fsp3) is 0.125. The standard InChI is InChI=1S/C16H14N2O6S/c1-22-16(19)11-5-4-6-12(9-11)23-10-25(20,21)18-15-13-7-2-3-8-14(13)24-17-15/h2-9H,10H2,1H3,(H,17,18). The maximum Gasteiger partial charge on any atom is 0.337 e. The Balaban J connectivity index is 1.71. The lowest BCUT2D eigenvalue weighted by Gasteiger charge is -2.09. The zero-order valence-electron chi connectivity index (χ0n) is 13.1. The molecule has 0 unspecified atom stereocenters. The molecule has 0 radical (unpaired) electrons. The summed E-state index contributed by atoms with van der Waals surface area (Å²) in [6.45, 7) is 0. The minimum Gasteiger partial charge on any atom is -0.476 e. The van der Waals surface area contributed by atoms with Gasteiger partial charge < -0.3 is 14.0 Å². The van der Waals surface area contributed by atoms with E-state index in [1.807, 2.05) is 0 Å². The predicted octanol–water partition coefficient (Wildman–Crippen LogP) is 2.39. The highest BCUT2D eigenvalue weighted by molar-refractivity contribution is 7.92. The monoisotopic (exact) mass is 362 g/mol. The SMILES string of the molecule is COC(=O)c1cccc(OCS(=O)(=O)Nc2noc3ccccc23)c1. The number of ether oxygens (including phenoxy) is 2. The summed E-state index contributed by atoms with van der Waals surface area (Å²) in [5.41, 5.74) is 0.722. The van der Waals surface area contributed by atoms with E-state index < -0.39 is 21.9 Å². The van der Waals surface area contributed by atoms with Crippen molar-refractivity contribution in [2.75, 3.05) is 17.8 Å². The number of esters is 1. The van der Waals surface area contributed by atoms with E-state index in [0.29, 0.717) is 11.0 Å². The summed E-state index contributed by atoms with van der Waals surface area (Å²) in [4.78, 5) is 11.5. The number of carbonyl (C=O) groups is 1. The molecule has 130 valence electrons. The molecule has 8 nitrogen and oxygen atoms in total. The number of methoxy groups -OCH3 is 1. The summed E-state index contributed by atoms with van der Waals surface area (Å²) in [5, 5.41) is 4.24. The normalized spacial score (nSPS) is 11.2. The molecule has 0 atom stereocenters. The number of benzene rings is 2. The molecular weight excluding hydrogens is 348 g/mol. The van der Waals surface area contributed by atoms with Gasteiger partial charge >= 0.3 is 5.97 Å². The molecule has 0 spiro atoms. The summed E-state index contributed by atoms with van der Waals surface area (Å²) in [5.74, 6) is -0.889. The van der Waals surface area contributed by atoms with Crippen molar-refractivity contribution in [2.24, 2.45) is 0 Å². The molecule has 1 N–H and O–H groups in total. The quantitative estimate of drug-likeness (QED) is 0.671. The largest absolute Gasteiger partial charge is 0.476 e. The Morgan fingerprint density at radius 1 is 1.20 bits per heavy atom. The van der Waals surface area contributed by atoms with E-state index >= 15 is 0 Å². The van der Waals surface area contributed by atoms with Crippen molar-refractivity contribution < 1.29 is 27.2 Å². The molecule has 1 heterocycles. The minimum atomic E-state index is -3.84. The first-order valence-corrected chi connectivity index (χ1v) is 8.80. The molecule has 0 fully saturated rings. The fourth-order valence-corrected chi connectivity index (χ4v) is 2.90. The van der Waals surface area contributed by atoms with Crippen LogP contribution in [0.2, 0.25) is 0 Å². The Morgan fingerprint density at radius 2 is 2.00 bits per heavy atom. The van der Waals surface area contributed by atoms with E-state index in [0.717, 1.165) is 0 Å². The van der Waals surface area contributed by atoms with Crippen molar-refractivity contribution in [3.8, 4) is 5.75 Å². The number of hydrogen-bond acceptors (Lipinski definition) is 7. The lowest BCUT2D eigenvalue weighted by Crippen LogP contribution is -2.21. The van der Waals surface area contributed by atoms with Crippen LogP contribution >= 0.6 is 0 Å². The zero-order chi connectivity index (χ0) is 17.9. The van der Waals surface area contributed by atoms with Crippen molar-refractivity contribution in [3.05, 3.63) is 54.1 Å². The first-order valence-electron chi connectivity index (χ1n) is 7.14. The second kappa shape index (κ2) is 6.81. The maximum absolute atomic E-state index is 12.2. The average Bonchev–Trinajstić information content (AvgIpc) is 3.02. The number of para-hydroxylation sites is 1. The molecular formula is C16H14N2O6S. The van der Waals surface area contributed by atoms with Gasteiger partial charge in [0.2, 0.25) is 5.94 Å². The minimum absolute atomic E-state index is 0.0857. The highest BCUT2D eigenvalue weighted by Gasteiger charge is 2.17. The van der Waals surface area contributed by atoms with Crippen molar-refractivity contribution in [1.82, 2.24) is 5.16 Å². The predicted molar refractivity (Wildman–Crippen MR) is 89.8 cm³/mol. The first kappa shape index (κ1) is 16.8. The molecule has 0 bridgehead atoms. The summed E-state index contributed by atoms with van der Waals surface area (Å²) in [6, 6.07) is 12.9. The number of hydrogen-bond donors (Lipinski definition) is 1. The van der Waals surface area contributed by atoms with Gasteiger partial charge in [0.25, 0.3) is 10.0 Å². The molecule has 25 heavy (non-hydrogen) atoms. The maximum atomic E-state index is 12.2. The second-order valence-electron chi connectivity index (χ2n) is 5.03. The van der Waals surface area contributed by atoms with Gasteiger partial charge in [-0.05, 0) is 30.3 Å². The molecule has 0 saturated carbocycles. The number of carbonyl (C=O) groups excluding carboxylic acids is 1. The second-order valence-corrected chi connectivity index (χ2v) is 6.70. The van der Waals surface area contributed by atoms with Gasteiger partial charge in [-0.2, -0.15) is 0 Å². The third-order valence-electron chi connectivity index (χ3n) is 3.27. The van der Waals surface area contributed by atoms with E-state index in [4.69, 9.17) is 9.26 Å². The zero-order valence-corrected chi connectivity index (χ0v) is 13.9. The van der Waals surface area contributed by atoms with Gasteiger partial charge in [-0.1, -0.05) is 23.4 Å². The molecule has 1 aromatic heterocycles. The van der Waals surface area contributed by atoms with Crippen LogP contribution in [0.4, 0.5) is 5.82 Å². The van der Waals surface area contributed by atoms with Crippen molar-refractivity contribution in [2.45, 2.75) is 0 Å². The van der Waals surface area contributed by atoms with Crippen molar-refractivity contribution in [1.29, 1.82) is 0 Å². The van der Waals surface area contributed by atoms with Gasteiger partial charge in [0, 0.05) is 0 Å². The summed E-state index contributed by atoms with van der Waals surface area (Å²) >= 11 is 0. The van der Waals surface area contributed by atoms with Crippen LogP contribution in [-0.4, -0.2) is 32.6 Å². The van der Waals surface area contributed by atoms with E-state index in [2.05, 4.69) is 14.6 Å². The third kappa shape index (κ3) is 3.89. The van der Waals surface area contributed by atoms with E-state index in [1.54, 1.807) is 30.3 Å². The fourth-order valence-electron chi connectivity index (χ4n) is 2.11. The van der Waals surface area contributed by atoms with Gasteiger partial charge in [-0.3, -0.25) is 4.72 Å². The van der Waals surface area contributed by atoms with Gasteiger partial charge in [-0.15, -0.1) is 0 Å². The molecule has 0 aliphatic heterocycles. The van der Waals surface area contributed by atoms with Gasteiger partial charge in [0.1, 0.15) is 5.75 Å². The van der Waals surface area contributed by atoms with Crippen molar-refractivity contribution in [3.63, 3.8) is 0 Å². The van der Waals surface area contributed by atoms with E-state index in [9.17, 15) is 13.2 Å². The molecule has 0 amide bonds. The number of aromatic nitrogens is 1. The van der Waals surface area contributed by atoms with Crippen LogP contribution in [0, 0.1) is 0 Å². The Hall–Kier alpha value is -3.07. The number of rotatable bonds is 6. The molecule has 9 heteroatoms. The molecule has 0 aliphatic rings. The Morgan fingerprint density at radius 3 is 2.80 bits per heavy atom. The number of anilines is 1. The first-order chi connectivity index (χ1) is 12.0. The smallest absolute Gasteiger partial charge is 0.337 e. The van der Waals surface area contributed by atoms with Gasteiger partial charge in [0.15, 0.2) is 11.4 Å². The van der Waals surface area contributed by atoms with Crippen LogP contribution in [0.25, 0.3) is 11.0 Å². The number of nitrogens with one attached hydrogen (secondary N) is 1. The molecule has 2 aromatic carbocycles. The lowest BCUT2D eigenvalue weighted by atomic mass is 10.2. The Kier molecular flexibility index (Phi) is 4.57. The van der Waals surface area contributed by atoms with Crippen LogP contribution in [0.5, 0.6) is 5.75 Å². The average molecular weight is 362 g/mol. The van der Waals surface area contributed by atoms with Crippen LogP contribution in [-0.2, 0) is 14.8 Å². The van der Waals surface area contributed by atoms with Gasteiger partial charge in [-0.25, -0.2) is 13.2 Å². The Bertz CT molecular complexity index is 1010. The summed E-state index contributed by atoms with van der Waals surface area (Å²) in [6.07, 6.45) is 0. The van der Waals surface area contributed by atoms with E-state index in [-0.39, 0.29) is 17.1 Å². The number of fused-ring (bicyclic) bond motifs is 1. The van der Waals surface area contributed by atoms with Crippen LogP contribution in [0.3, 0.4) is 0 Å².